The molecule has 204 valence electrons. The summed E-state index contributed by atoms with van der Waals surface area (Å²) in [6.07, 6.45) is -1.06. The lowest BCUT2D eigenvalue weighted by molar-refractivity contribution is 0.0704. The van der Waals surface area contributed by atoms with E-state index >= 15 is 0 Å². The normalized spacial score (nSPS) is 15.2. The molecule has 0 amide bonds. The van der Waals surface area contributed by atoms with Gasteiger partial charge in [-0.3, -0.25) is 0 Å². The van der Waals surface area contributed by atoms with Gasteiger partial charge in [-0.2, -0.15) is 0 Å². The minimum atomic E-state index is -3.90. The van der Waals surface area contributed by atoms with Crippen molar-refractivity contribution in [3.8, 4) is 17.6 Å². The predicted octanol–water partition coefficient (Wildman–Crippen LogP) is 3.70. The topological polar surface area (TPSA) is 110 Å². The van der Waals surface area contributed by atoms with Gasteiger partial charge in [0.1, 0.15) is 18.5 Å². The molecule has 2 heterocycles. The maximum atomic E-state index is 13.8. The van der Waals surface area contributed by atoms with Crippen LogP contribution in [-0.2, 0) is 10.0 Å². The summed E-state index contributed by atoms with van der Waals surface area (Å²) in [5.74, 6) is 6.04. The molecule has 4 rings (SSSR count). The van der Waals surface area contributed by atoms with Crippen LogP contribution in [0.25, 0.3) is 10.9 Å². The lowest BCUT2D eigenvalue weighted by atomic mass is 10.1. The number of anilines is 2. The third-order valence-electron chi connectivity index (χ3n) is 6.45. The van der Waals surface area contributed by atoms with Gasteiger partial charge in [0, 0.05) is 23.2 Å². The molecule has 0 spiro atoms. The number of hydrogen-bond donors (Lipinski definition) is 4. The van der Waals surface area contributed by atoms with Gasteiger partial charge in [-0.15, -0.1) is 0 Å². The van der Waals surface area contributed by atoms with E-state index in [2.05, 4.69) is 27.8 Å². The third kappa shape index (κ3) is 6.18. The molecule has 0 aliphatic carbocycles. The fourth-order valence-corrected chi connectivity index (χ4v) is 5.06. The number of fused-ring (bicyclic) bond motifs is 1. The fraction of sp³-hybridized carbons (Fsp3) is 0.385. The number of sulfonamides is 1. The molecule has 0 saturated carbocycles. The molecule has 0 bridgehead atoms. The number of nitrogens with two attached hydrogens (primary N) is 1. The summed E-state index contributed by atoms with van der Waals surface area (Å²) < 4.78 is 71.2. The van der Waals surface area contributed by atoms with Crippen molar-refractivity contribution in [3.63, 3.8) is 0 Å². The number of halogens is 3. The van der Waals surface area contributed by atoms with E-state index in [4.69, 9.17) is 9.88 Å². The first kappa shape index (κ1) is 27.6. The smallest absolute Gasteiger partial charge is 0.261 e. The second kappa shape index (κ2) is 12.0. The Morgan fingerprint density at radius 1 is 1.18 bits per heavy atom. The number of primary sulfonamides is 1. The van der Waals surface area contributed by atoms with Gasteiger partial charge >= 0.3 is 0 Å². The van der Waals surface area contributed by atoms with Gasteiger partial charge in [-0.05, 0) is 62.2 Å². The second-order valence-corrected chi connectivity index (χ2v) is 10.5. The Labute approximate surface area is 219 Å². The van der Waals surface area contributed by atoms with E-state index in [1.165, 1.54) is 29.9 Å². The number of benzene rings is 2. The lowest BCUT2D eigenvalue weighted by Crippen LogP contribution is -2.35. The molecule has 1 atom stereocenters. The van der Waals surface area contributed by atoms with Crippen molar-refractivity contribution in [2.45, 2.75) is 36.2 Å². The Bertz CT molecular complexity index is 1440. The lowest BCUT2D eigenvalue weighted by Gasteiger charge is -2.25. The minimum absolute atomic E-state index is 0.0851. The Hall–Kier alpha value is -3.40. The second-order valence-electron chi connectivity index (χ2n) is 8.93. The number of rotatable bonds is 9. The molecule has 1 aliphatic rings. The van der Waals surface area contributed by atoms with Crippen LogP contribution in [0.5, 0.6) is 5.75 Å². The molecule has 1 aromatic heterocycles. The maximum absolute atomic E-state index is 13.8. The highest BCUT2D eigenvalue weighted by Crippen LogP contribution is 2.33. The van der Waals surface area contributed by atoms with Crippen LogP contribution >= 0.6 is 0 Å². The average Bonchev–Trinajstić information content (AvgIpc) is 3.26. The minimum Gasteiger partial charge on any atom is -0.495 e. The Kier molecular flexibility index (Phi) is 8.71. The zero-order valence-electron chi connectivity index (χ0n) is 20.8. The Morgan fingerprint density at radius 2 is 1.95 bits per heavy atom. The third-order valence-corrected chi connectivity index (χ3v) is 7.36. The van der Waals surface area contributed by atoms with Gasteiger partial charge in [0.25, 0.3) is 6.43 Å². The van der Waals surface area contributed by atoms with Crippen molar-refractivity contribution in [1.82, 2.24) is 9.88 Å². The van der Waals surface area contributed by atoms with Crippen LogP contribution in [0.1, 0.15) is 24.6 Å². The van der Waals surface area contributed by atoms with Crippen molar-refractivity contribution in [3.05, 3.63) is 48.2 Å². The van der Waals surface area contributed by atoms with E-state index in [1.54, 1.807) is 18.2 Å². The Balaban J connectivity index is 1.64. The van der Waals surface area contributed by atoms with Crippen LogP contribution in [0.4, 0.5) is 24.5 Å². The summed E-state index contributed by atoms with van der Waals surface area (Å²) in [4.78, 5) is -0.103. The van der Waals surface area contributed by atoms with E-state index < -0.39 is 29.2 Å². The van der Waals surface area contributed by atoms with E-state index in [1.807, 2.05) is 6.07 Å². The molecule has 5 N–H and O–H groups in total. The van der Waals surface area contributed by atoms with Gasteiger partial charge in [0.2, 0.25) is 10.0 Å². The zero-order chi connectivity index (χ0) is 27.3. The number of ether oxygens (including phenoxy) is 1. The first-order chi connectivity index (χ1) is 18.2. The average molecular weight is 550 g/mol. The number of nitrogens with one attached hydrogen (secondary N) is 3. The number of hydrogen-bond acceptors (Lipinski definition) is 6. The number of nitrogens with zero attached hydrogens (tertiary/aromatic N) is 1. The van der Waals surface area contributed by atoms with Crippen LogP contribution in [0.3, 0.4) is 0 Å². The number of alkyl halides is 3. The highest BCUT2D eigenvalue weighted by molar-refractivity contribution is 7.89. The van der Waals surface area contributed by atoms with Crippen molar-refractivity contribution in [2.75, 3.05) is 44.1 Å². The monoisotopic (exact) mass is 549 g/mol. The van der Waals surface area contributed by atoms with Gasteiger partial charge in [0.15, 0.2) is 0 Å². The summed E-state index contributed by atoms with van der Waals surface area (Å²) in [5.41, 5.74) is 2.00. The highest BCUT2D eigenvalue weighted by Gasteiger charge is 2.27. The highest BCUT2D eigenvalue weighted by atomic mass is 32.2. The molecule has 2 aromatic carbocycles. The first-order valence-corrected chi connectivity index (χ1v) is 13.7. The molecule has 0 radical (unpaired) electrons. The van der Waals surface area contributed by atoms with Crippen LogP contribution < -0.4 is 25.8 Å². The molecule has 1 fully saturated rings. The van der Waals surface area contributed by atoms with Crippen molar-refractivity contribution in [1.29, 1.82) is 0 Å². The molecular weight excluding hydrogens is 519 g/mol. The maximum Gasteiger partial charge on any atom is 0.261 e. The summed E-state index contributed by atoms with van der Waals surface area (Å²) >= 11 is 0. The van der Waals surface area contributed by atoms with Crippen LogP contribution in [0, 0.1) is 11.8 Å². The molecule has 12 heteroatoms. The molecule has 3 aromatic rings. The number of piperidine rings is 1. The molecule has 8 nitrogen and oxygen atoms in total. The van der Waals surface area contributed by atoms with Gasteiger partial charge in [-0.25, -0.2) is 26.7 Å². The first-order valence-electron chi connectivity index (χ1n) is 12.1. The summed E-state index contributed by atoms with van der Waals surface area (Å²) in [7, 11) is -2.52. The largest absolute Gasteiger partial charge is 0.495 e. The van der Waals surface area contributed by atoms with E-state index in [0.717, 1.165) is 31.6 Å². The number of methoxy groups -OCH3 is 1. The van der Waals surface area contributed by atoms with Gasteiger partial charge < -0.3 is 25.3 Å². The van der Waals surface area contributed by atoms with E-state index in [0.29, 0.717) is 16.6 Å². The van der Waals surface area contributed by atoms with E-state index in [-0.39, 0.29) is 28.9 Å². The summed E-state index contributed by atoms with van der Waals surface area (Å²) in [6.45, 7) is 0.627. The molecule has 1 saturated heterocycles. The molecular formula is C26H30F3N5O3S. The van der Waals surface area contributed by atoms with Gasteiger partial charge in [-0.1, -0.05) is 12.0 Å². The van der Waals surface area contributed by atoms with E-state index in [9.17, 15) is 21.6 Å². The molecule has 38 heavy (non-hydrogen) atoms. The summed E-state index contributed by atoms with van der Waals surface area (Å²) in [6, 6.07) is 9.72. The zero-order valence-corrected chi connectivity index (χ0v) is 21.6. The fourth-order valence-electron chi connectivity index (χ4n) is 4.53. The molecule has 1 aliphatic heterocycles. The predicted molar refractivity (Wildman–Crippen MR) is 142 cm³/mol. The van der Waals surface area contributed by atoms with Crippen LogP contribution in [0.2, 0.25) is 0 Å². The molecule has 1 unspecified atom stereocenters. The number of aromatic nitrogens is 1. The standard InChI is InChI=1S/C26H30F3N5O3S/c1-37-25-15-19(38(30,35)36)7-8-22(25)32-11-3-4-18-14-20-21(33-17-9-12-31-13-10-17)5-2-6-23(20)34(18)24(16-27)26(28)29/h2,5-8,14-15,17,24,26,31-33H,9-13,16H2,1H3,(H2,30,35,36). The Morgan fingerprint density at radius 3 is 2.61 bits per heavy atom. The SMILES string of the molecule is COc1cc(S(N)(=O)=O)ccc1NCC#Cc1cc2c(NC3CCNCC3)cccc2n1C(CF)C(F)F. The van der Waals surface area contributed by atoms with Gasteiger partial charge in [0.05, 0.1) is 35.4 Å². The van der Waals surface area contributed by atoms with Crippen molar-refractivity contribution >= 4 is 32.3 Å². The van der Waals surface area contributed by atoms with Crippen molar-refractivity contribution in [2.24, 2.45) is 5.14 Å². The quantitative estimate of drug-likeness (QED) is 0.303. The summed E-state index contributed by atoms with van der Waals surface area (Å²) in [5, 5.41) is 15.7. The van der Waals surface area contributed by atoms with Crippen LogP contribution in [0.15, 0.2) is 47.4 Å². The van der Waals surface area contributed by atoms with Crippen molar-refractivity contribution < 1.29 is 26.3 Å². The van der Waals surface area contributed by atoms with Crippen LogP contribution in [-0.4, -0.2) is 58.9 Å².